The number of aromatic amines is 1. The molecule has 0 fully saturated rings. The summed E-state index contributed by atoms with van der Waals surface area (Å²) in [7, 11) is 1.93. The van der Waals surface area contributed by atoms with E-state index in [9.17, 15) is 4.79 Å². The summed E-state index contributed by atoms with van der Waals surface area (Å²) in [5.74, 6) is 0. The highest BCUT2D eigenvalue weighted by Gasteiger charge is 1.96. The second-order valence-corrected chi connectivity index (χ2v) is 3.60. The van der Waals surface area contributed by atoms with Crippen LogP contribution in [0.4, 0.5) is 0 Å². The maximum Gasteiger partial charge on any atom is 0.248 e. The Morgan fingerprint density at radius 1 is 1.27 bits per heavy atom. The summed E-state index contributed by atoms with van der Waals surface area (Å²) in [5, 5.41) is 4.18. The van der Waals surface area contributed by atoms with Gasteiger partial charge in [-0.3, -0.25) is 4.79 Å². The molecule has 0 atom stereocenters. The summed E-state index contributed by atoms with van der Waals surface area (Å²) in [6, 6.07) is 9.56. The van der Waals surface area contributed by atoms with E-state index >= 15 is 0 Å². The number of likely N-dealkylation sites (N-methyl/N-ethyl adjacent to an activating group) is 1. The molecule has 0 amide bonds. The molecule has 1 aromatic carbocycles. The highest BCUT2D eigenvalue weighted by Crippen LogP contribution is 2.11. The largest absolute Gasteiger partial charge is 0.322 e. The fourth-order valence-corrected chi connectivity index (χ4v) is 1.62. The van der Waals surface area contributed by atoms with E-state index in [0.717, 1.165) is 23.9 Å². The van der Waals surface area contributed by atoms with Crippen LogP contribution in [-0.2, 0) is 6.42 Å². The van der Waals surface area contributed by atoms with E-state index in [0.29, 0.717) is 0 Å². The van der Waals surface area contributed by atoms with E-state index in [1.165, 1.54) is 5.56 Å². The summed E-state index contributed by atoms with van der Waals surface area (Å²) in [6.45, 7) is 0.947. The molecule has 2 aromatic rings. The maximum absolute atomic E-state index is 11.1. The van der Waals surface area contributed by atoms with Gasteiger partial charge in [-0.05, 0) is 43.1 Å². The van der Waals surface area contributed by atoms with Gasteiger partial charge in [-0.1, -0.05) is 12.1 Å². The van der Waals surface area contributed by atoms with Crippen molar-refractivity contribution in [1.29, 1.82) is 0 Å². The first kappa shape index (κ1) is 9.93. The molecule has 0 saturated heterocycles. The van der Waals surface area contributed by atoms with Crippen LogP contribution in [-0.4, -0.2) is 18.6 Å². The number of pyridine rings is 1. The summed E-state index contributed by atoms with van der Waals surface area (Å²) < 4.78 is 0. The predicted molar refractivity (Wildman–Crippen MR) is 62.2 cm³/mol. The van der Waals surface area contributed by atoms with Crippen molar-refractivity contribution in [3.63, 3.8) is 0 Å². The monoisotopic (exact) mass is 202 g/mol. The highest BCUT2D eigenvalue weighted by molar-refractivity contribution is 5.78. The van der Waals surface area contributed by atoms with Crippen molar-refractivity contribution in [1.82, 2.24) is 10.3 Å². The fourth-order valence-electron chi connectivity index (χ4n) is 1.62. The van der Waals surface area contributed by atoms with E-state index in [4.69, 9.17) is 0 Å². The molecule has 15 heavy (non-hydrogen) atoms. The van der Waals surface area contributed by atoms with Crippen molar-refractivity contribution >= 4 is 10.9 Å². The molecule has 0 radical (unpaired) electrons. The summed E-state index contributed by atoms with van der Waals surface area (Å²) in [4.78, 5) is 14.0. The number of benzene rings is 1. The molecule has 0 aliphatic rings. The zero-order valence-electron chi connectivity index (χ0n) is 8.71. The van der Waals surface area contributed by atoms with Crippen molar-refractivity contribution in [3.8, 4) is 0 Å². The van der Waals surface area contributed by atoms with Crippen LogP contribution in [0.2, 0.25) is 0 Å². The van der Waals surface area contributed by atoms with Crippen LogP contribution < -0.4 is 10.9 Å². The Morgan fingerprint density at radius 2 is 2.07 bits per heavy atom. The van der Waals surface area contributed by atoms with Gasteiger partial charge in [0.1, 0.15) is 0 Å². The lowest BCUT2D eigenvalue weighted by Crippen LogP contribution is -2.10. The third-order valence-corrected chi connectivity index (χ3v) is 2.45. The molecular formula is C12H14N2O. The molecule has 0 aliphatic heterocycles. The molecule has 0 spiro atoms. The molecule has 1 aromatic heterocycles. The molecule has 2 N–H and O–H groups in total. The molecule has 78 valence electrons. The zero-order chi connectivity index (χ0) is 10.7. The standard InChI is InChI=1S/C12H14N2O/c1-13-7-6-9-2-3-10-4-5-12(15)14-11(10)8-9/h2-5,8,13H,6-7H2,1H3,(H,14,15). The van der Waals surface area contributed by atoms with Gasteiger partial charge in [0, 0.05) is 11.6 Å². The lowest BCUT2D eigenvalue weighted by Gasteiger charge is -2.02. The highest BCUT2D eigenvalue weighted by atomic mass is 16.1. The van der Waals surface area contributed by atoms with Crippen molar-refractivity contribution in [3.05, 3.63) is 46.2 Å². The van der Waals surface area contributed by atoms with Gasteiger partial charge in [0.05, 0.1) is 0 Å². The van der Waals surface area contributed by atoms with Gasteiger partial charge in [-0.15, -0.1) is 0 Å². The molecule has 0 saturated carbocycles. The number of hydrogen-bond donors (Lipinski definition) is 2. The molecule has 0 bridgehead atoms. The van der Waals surface area contributed by atoms with Crippen molar-refractivity contribution in [2.75, 3.05) is 13.6 Å². The maximum atomic E-state index is 11.1. The quantitative estimate of drug-likeness (QED) is 0.787. The van der Waals surface area contributed by atoms with E-state index in [1.807, 2.05) is 25.2 Å². The number of hydrogen-bond acceptors (Lipinski definition) is 2. The predicted octanol–water partition coefficient (Wildman–Crippen LogP) is 1.29. The first-order valence-corrected chi connectivity index (χ1v) is 5.06. The molecule has 2 rings (SSSR count). The molecule has 1 heterocycles. The Balaban J connectivity index is 2.40. The van der Waals surface area contributed by atoms with Gasteiger partial charge in [0.2, 0.25) is 5.56 Å². The van der Waals surface area contributed by atoms with E-state index in [2.05, 4.69) is 16.4 Å². The molecule has 3 heteroatoms. The Hall–Kier alpha value is -1.61. The van der Waals surface area contributed by atoms with Crippen molar-refractivity contribution in [2.24, 2.45) is 0 Å². The van der Waals surface area contributed by atoms with Gasteiger partial charge < -0.3 is 10.3 Å². The number of rotatable bonds is 3. The Labute approximate surface area is 88.1 Å². The lowest BCUT2D eigenvalue weighted by molar-refractivity contribution is 0.792. The van der Waals surface area contributed by atoms with Gasteiger partial charge in [0.15, 0.2) is 0 Å². The van der Waals surface area contributed by atoms with Crippen LogP contribution in [0.15, 0.2) is 35.1 Å². The first-order chi connectivity index (χ1) is 7.29. The van der Waals surface area contributed by atoms with Crippen molar-refractivity contribution < 1.29 is 0 Å². The minimum atomic E-state index is -0.0479. The molecule has 0 unspecified atom stereocenters. The van der Waals surface area contributed by atoms with Crippen LogP contribution in [0, 0.1) is 0 Å². The second-order valence-electron chi connectivity index (χ2n) is 3.60. The summed E-state index contributed by atoms with van der Waals surface area (Å²) in [5.41, 5.74) is 2.10. The van der Waals surface area contributed by atoms with Crippen molar-refractivity contribution in [2.45, 2.75) is 6.42 Å². The van der Waals surface area contributed by atoms with Gasteiger partial charge in [0.25, 0.3) is 0 Å². The number of aromatic nitrogens is 1. The average Bonchev–Trinajstić information content (AvgIpc) is 2.25. The first-order valence-electron chi connectivity index (χ1n) is 5.06. The fraction of sp³-hybridized carbons (Fsp3) is 0.250. The van der Waals surface area contributed by atoms with Crippen LogP contribution in [0.3, 0.4) is 0 Å². The third kappa shape index (κ3) is 2.25. The molecule has 0 aliphatic carbocycles. The van der Waals surface area contributed by atoms with E-state index in [-0.39, 0.29) is 5.56 Å². The number of fused-ring (bicyclic) bond motifs is 1. The second kappa shape index (κ2) is 4.28. The van der Waals surface area contributed by atoms with Gasteiger partial charge in [-0.25, -0.2) is 0 Å². The average molecular weight is 202 g/mol. The SMILES string of the molecule is CNCCc1ccc2ccc(=O)[nH]c2c1. The minimum absolute atomic E-state index is 0.0479. The van der Waals surface area contributed by atoms with E-state index < -0.39 is 0 Å². The zero-order valence-corrected chi connectivity index (χ0v) is 8.71. The Morgan fingerprint density at radius 3 is 2.87 bits per heavy atom. The minimum Gasteiger partial charge on any atom is -0.322 e. The van der Waals surface area contributed by atoms with Crippen LogP contribution in [0.5, 0.6) is 0 Å². The van der Waals surface area contributed by atoms with Crippen LogP contribution >= 0.6 is 0 Å². The van der Waals surface area contributed by atoms with Crippen LogP contribution in [0.1, 0.15) is 5.56 Å². The van der Waals surface area contributed by atoms with Gasteiger partial charge >= 0.3 is 0 Å². The number of nitrogens with one attached hydrogen (secondary N) is 2. The van der Waals surface area contributed by atoms with E-state index in [1.54, 1.807) is 6.07 Å². The lowest BCUT2D eigenvalue weighted by atomic mass is 10.1. The Bertz CT molecular complexity index is 516. The Kier molecular flexibility index (Phi) is 2.83. The smallest absolute Gasteiger partial charge is 0.248 e. The summed E-state index contributed by atoms with van der Waals surface area (Å²) in [6.07, 6.45) is 0.976. The summed E-state index contributed by atoms with van der Waals surface area (Å²) >= 11 is 0. The molecule has 3 nitrogen and oxygen atoms in total. The van der Waals surface area contributed by atoms with Crippen LogP contribution in [0.25, 0.3) is 10.9 Å². The van der Waals surface area contributed by atoms with Gasteiger partial charge in [-0.2, -0.15) is 0 Å². The number of H-pyrrole nitrogens is 1. The topological polar surface area (TPSA) is 44.9 Å². The normalized spacial score (nSPS) is 10.7. The molecular weight excluding hydrogens is 188 g/mol. The third-order valence-electron chi connectivity index (χ3n) is 2.45.